The van der Waals surface area contributed by atoms with Gasteiger partial charge in [0.1, 0.15) is 6.04 Å². The van der Waals surface area contributed by atoms with Crippen LogP contribution in [0.4, 0.5) is 4.79 Å². The summed E-state index contributed by atoms with van der Waals surface area (Å²) in [5.74, 6) is -0.864. The standard InChI is InChI=1S/C38H47N3O8/c1-26-33(24-41-18-16-38(17-19-41)46-20-21-47-38)48-36(49-34(26)30-12-10-29(25-42)11-13-30)31-14-8-28(9-15-31)23-39-37(44)40-32(35(43)45-2)22-27-6-4-3-5-7-27/h3-15,26,32-34,36,42H,16-25H2,1-2H3,(H2,39,40,44). The number of hydrogen-bond acceptors (Lipinski definition) is 9. The number of nitrogens with zero attached hydrogens (tertiary/aromatic N) is 1. The average molecular weight is 674 g/mol. The summed E-state index contributed by atoms with van der Waals surface area (Å²) < 4.78 is 30.1. The highest BCUT2D eigenvalue weighted by molar-refractivity contribution is 5.83. The van der Waals surface area contributed by atoms with Crippen molar-refractivity contribution in [2.45, 2.75) is 69.7 Å². The zero-order valence-corrected chi connectivity index (χ0v) is 28.2. The predicted molar refractivity (Wildman–Crippen MR) is 181 cm³/mol. The Labute approximate surface area is 287 Å². The van der Waals surface area contributed by atoms with Crippen molar-refractivity contribution in [2.75, 3.05) is 40.0 Å². The number of urea groups is 1. The normalized spacial score (nSPS) is 24.3. The third-order valence-electron chi connectivity index (χ3n) is 9.77. The Morgan fingerprint density at radius 1 is 0.898 bits per heavy atom. The van der Waals surface area contributed by atoms with Gasteiger partial charge in [0.25, 0.3) is 0 Å². The Morgan fingerprint density at radius 2 is 1.55 bits per heavy atom. The summed E-state index contributed by atoms with van der Waals surface area (Å²) in [7, 11) is 1.31. The maximum Gasteiger partial charge on any atom is 0.328 e. The van der Waals surface area contributed by atoms with Crippen LogP contribution < -0.4 is 10.6 Å². The van der Waals surface area contributed by atoms with Gasteiger partial charge in [0.15, 0.2) is 12.1 Å². The highest BCUT2D eigenvalue weighted by Crippen LogP contribution is 2.42. The van der Waals surface area contributed by atoms with Gasteiger partial charge >= 0.3 is 12.0 Å². The molecule has 11 nitrogen and oxygen atoms in total. The van der Waals surface area contributed by atoms with E-state index in [1.54, 1.807) is 0 Å². The van der Waals surface area contributed by atoms with Crippen molar-refractivity contribution in [1.29, 1.82) is 0 Å². The zero-order valence-electron chi connectivity index (χ0n) is 28.2. The number of esters is 1. The molecule has 0 radical (unpaired) electrons. The van der Waals surface area contributed by atoms with Crippen LogP contribution in [0.5, 0.6) is 0 Å². The van der Waals surface area contributed by atoms with E-state index >= 15 is 0 Å². The lowest BCUT2D eigenvalue weighted by molar-refractivity contribution is -0.278. The number of aliphatic hydroxyl groups is 1. The van der Waals surface area contributed by atoms with Crippen molar-refractivity contribution in [3.63, 3.8) is 0 Å². The molecule has 3 aromatic carbocycles. The van der Waals surface area contributed by atoms with Gasteiger partial charge in [0, 0.05) is 56.9 Å². The van der Waals surface area contributed by atoms with Gasteiger partial charge in [-0.15, -0.1) is 0 Å². The van der Waals surface area contributed by atoms with Crippen LogP contribution in [0.25, 0.3) is 0 Å². The molecule has 5 atom stereocenters. The number of piperidine rings is 1. The number of likely N-dealkylation sites (tertiary alicyclic amines) is 1. The van der Waals surface area contributed by atoms with Crippen LogP contribution in [0.2, 0.25) is 0 Å². The van der Waals surface area contributed by atoms with Crippen molar-refractivity contribution in [1.82, 2.24) is 15.5 Å². The number of methoxy groups -OCH3 is 1. The molecule has 0 saturated carbocycles. The largest absolute Gasteiger partial charge is 0.467 e. The van der Waals surface area contributed by atoms with E-state index in [9.17, 15) is 14.7 Å². The van der Waals surface area contributed by atoms with E-state index in [0.29, 0.717) is 19.6 Å². The lowest BCUT2D eigenvalue weighted by Gasteiger charge is -2.44. The quantitative estimate of drug-likeness (QED) is 0.254. The number of amides is 2. The fraction of sp³-hybridized carbons (Fsp3) is 0.474. The van der Waals surface area contributed by atoms with Crippen molar-refractivity contribution < 1.29 is 38.4 Å². The molecule has 49 heavy (non-hydrogen) atoms. The van der Waals surface area contributed by atoms with E-state index in [-0.39, 0.29) is 31.3 Å². The molecule has 2 amide bonds. The molecule has 262 valence electrons. The average Bonchev–Trinajstić information content (AvgIpc) is 3.60. The molecule has 3 aromatic rings. The van der Waals surface area contributed by atoms with Gasteiger partial charge in [0.05, 0.1) is 39.1 Å². The summed E-state index contributed by atoms with van der Waals surface area (Å²) in [5.41, 5.74) is 4.57. The first-order chi connectivity index (χ1) is 23.8. The Hall–Kier alpha value is -3.84. The third kappa shape index (κ3) is 8.85. The lowest BCUT2D eigenvalue weighted by atomic mass is 9.89. The molecule has 0 aliphatic carbocycles. The Kier molecular flexibility index (Phi) is 11.6. The first kappa shape index (κ1) is 35.0. The molecule has 3 saturated heterocycles. The molecule has 0 aromatic heterocycles. The van der Waals surface area contributed by atoms with Crippen molar-refractivity contribution in [3.05, 3.63) is 107 Å². The lowest BCUT2D eigenvalue weighted by Crippen LogP contribution is -2.50. The van der Waals surface area contributed by atoms with Crippen molar-refractivity contribution >= 4 is 12.0 Å². The number of nitrogens with one attached hydrogen (secondary N) is 2. The van der Waals surface area contributed by atoms with Crippen LogP contribution in [0.3, 0.4) is 0 Å². The second kappa shape index (κ2) is 16.2. The highest BCUT2D eigenvalue weighted by atomic mass is 16.7. The van der Waals surface area contributed by atoms with Crippen LogP contribution in [0.1, 0.15) is 60.0 Å². The maximum absolute atomic E-state index is 12.8. The molecule has 5 unspecified atom stereocenters. The first-order valence-electron chi connectivity index (χ1n) is 17.1. The van der Waals surface area contributed by atoms with E-state index in [1.807, 2.05) is 78.9 Å². The molecule has 3 fully saturated rings. The van der Waals surface area contributed by atoms with Gasteiger partial charge in [-0.2, -0.15) is 0 Å². The molecule has 11 heteroatoms. The van der Waals surface area contributed by atoms with Crippen LogP contribution >= 0.6 is 0 Å². The van der Waals surface area contributed by atoms with Gasteiger partial charge in [-0.1, -0.05) is 85.8 Å². The van der Waals surface area contributed by atoms with Crippen LogP contribution in [-0.4, -0.2) is 79.9 Å². The topological polar surface area (TPSA) is 128 Å². The molecule has 3 N–H and O–H groups in total. The third-order valence-corrected chi connectivity index (χ3v) is 9.77. The van der Waals surface area contributed by atoms with E-state index in [0.717, 1.165) is 60.3 Å². The number of carbonyl (C=O) groups is 2. The number of carbonyl (C=O) groups excluding carboxylic acids is 2. The van der Waals surface area contributed by atoms with E-state index in [2.05, 4.69) is 22.5 Å². The van der Waals surface area contributed by atoms with E-state index in [1.165, 1.54) is 7.11 Å². The second-order valence-electron chi connectivity index (χ2n) is 13.1. The number of benzene rings is 3. The molecule has 3 aliphatic heterocycles. The summed E-state index contributed by atoms with van der Waals surface area (Å²) in [5, 5.41) is 15.2. The fourth-order valence-corrected chi connectivity index (χ4v) is 6.81. The van der Waals surface area contributed by atoms with E-state index < -0.39 is 30.1 Å². The number of aliphatic hydroxyl groups excluding tert-OH is 1. The molecular weight excluding hydrogens is 626 g/mol. The SMILES string of the molecule is COC(=O)C(Cc1ccccc1)NC(=O)NCc1ccc(C2OC(CN3CCC4(CC3)OCCO4)C(C)C(c3ccc(CO)cc3)O2)cc1. The number of hydrogen-bond donors (Lipinski definition) is 3. The Bertz CT molecular complexity index is 1500. The van der Waals surface area contributed by atoms with Crippen LogP contribution in [0.15, 0.2) is 78.9 Å². The molecule has 1 spiro atoms. The molecule has 0 bridgehead atoms. The molecule has 3 aliphatic rings. The van der Waals surface area contributed by atoms with Crippen molar-refractivity contribution in [3.8, 4) is 0 Å². The number of ether oxygens (including phenoxy) is 5. The van der Waals surface area contributed by atoms with Gasteiger partial charge < -0.3 is 44.3 Å². The van der Waals surface area contributed by atoms with Crippen LogP contribution in [0, 0.1) is 5.92 Å². The van der Waals surface area contributed by atoms with Crippen molar-refractivity contribution in [2.24, 2.45) is 5.92 Å². The zero-order chi connectivity index (χ0) is 34.2. The predicted octanol–water partition coefficient (Wildman–Crippen LogP) is 4.39. The summed E-state index contributed by atoms with van der Waals surface area (Å²) in [6.45, 7) is 6.24. The molecule has 3 heterocycles. The fourth-order valence-electron chi connectivity index (χ4n) is 6.81. The summed E-state index contributed by atoms with van der Waals surface area (Å²) in [6.07, 6.45) is 1.10. The van der Waals surface area contributed by atoms with Gasteiger partial charge in [-0.05, 0) is 22.3 Å². The van der Waals surface area contributed by atoms with Gasteiger partial charge in [0.2, 0.25) is 0 Å². The minimum absolute atomic E-state index is 0.0119. The van der Waals surface area contributed by atoms with Gasteiger partial charge in [-0.25, -0.2) is 9.59 Å². The van der Waals surface area contributed by atoms with Crippen LogP contribution in [-0.2, 0) is 48.1 Å². The second-order valence-corrected chi connectivity index (χ2v) is 13.1. The summed E-state index contributed by atoms with van der Waals surface area (Å²) in [4.78, 5) is 27.5. The minimum atomic E-state index is -0.811. The molecular formula is C38H47N3O8. The Morgan fingerprint density at radius 3 is 2.20 bits per heavy atom. The molecule has 6 rings (SSSR count). The number of rotatable bonds is 11. The summed E-state index contributed by atoms with van der Waals surface area (Å²) in [6, 6.07) is 23.9. The summed E-state index contributed by atoms with van der Waals surface area (Å²) >= 11 is 0. The minimum Gasteiger partial charge on any atom is -0.467 e. The van der Waals surface area contributed by atoms with Gasteiger partial charge in [-0.3, -0.25) is 0 Å². The monoisotopic (exact) mass is 673 g/mol. The smallest absolute Gasteiger partial charge is 0.328 e. The van der Waals surface area contributed by atoms with E-state index in [4.69, 9.17) is 23.7 Å². The Balaban J connectivity index is 1.09. The maximum atomic E-state index is 12.8. The first-order valence-corrected chi connectivity index (χ1v) is 17.1. The highest BCUT2D eigenvalue weighted by Gasteiger charge is 2.43.